The zero-order chi connectivity index (χ0) is 17.6. The highest BCUT2D eigenvalue weighted by molar-refractivity contribution is 7.15. The van der Waals surface area contributed by atoms with Gasteiger partial charge in [-0.3, -0.25) is 4.79 Å². The van der Waals surface area contributed by atoms with Gasteiger partial charge in [0, 0.05) is 30.0 Å². The van der Waals surface area contributed by atoms with E-state index in [9.17, 15) is 13.6 Å². The lowest BCUT2D eigenvalue weighted by Gasteiger charge is -2.21. The molecule has 142 valence electrons. The van der Waals surface area contributed by atoms with Crippen molar-refractivity contribution in [1.82, 2.24) is 10.3 Å². The van der Waals surface area contributed by atoms with Gasteiger partial charge in [0.15, 0.2) is 5.13 Å². The van der Waals surface area contributed by atoms with Gasteiger partial charge in [-0.15, -0.1) is 23.7 Å². The number of nitrogens with zero attached hydrogens (tertiary/aromatic N) is 1. The molecule has 0 atom stereocenters. The second kappa shape index (κ2) is 9.94. The smallest absolute Gasteiger partial charge is 0.226 e. The van der Waals surface area contributed by atoms with Crippen molar-refractivity contribution in [1.29, 1.82) is 0 Å². The van der Waals surface area contributed by atoms with E-state index in [0.29, 0.717) is 29.5 Å². The van der Waals surface area contributed by atoms with Crippen LogP contribution in [0.5, 0.6) is 0 Å². The third-order valence-electron chi connectivity index (χ3n) is 4.42. The molecule has 0 spiro atoms. The maximum absolute atomic E-state index is 13.7. The van der Waals surface area contributed by atoms with E-state index in [1.807, 2.05) is 0 Å². The van der Waals surface area contributed by atoms with Gasteiger partial charge in [0.1, 0.15) is 11.6 Å². The van der Waals surface area contributed by atoms with Crippen molar-refractivity contribution in [3.8, 4) is 0 Å². The number of piperidine rings is 1. The largest absolute Gasteiger partial charge is 0.317 e. The molecule has 1 amide bonds. The van der Waals surface area contributed by atoms with Gasteiger partial charge in [-0.05, 0) is 49.9 Å². The lowest BCUT2D eigenvalue weighted by molar-refractivity contribution is -0.116. The number of hydrogen-bond acceptors (Lipinski definition) is 4. The number of rotatable bonds is 6. The zero-order valence-electron chi connectivity index (χ0n) is 14.3. The maximum Gasteiger partial charge on any atom is 0.226 e. The first-order chi connectivity index (χ1) is 12.1. The monoisotopic (exact) mass is 401 g/mol. The normalized spacial score (nSPS) is 14.7. The number of aromatic nitrogens is 1. The van der Waals surface area contributed by atoms with E-state index >= 15 is 0 Å². The Kier molecular flexibility index (Phi) is 7.93. The number of hydrogen-bond donors (Lipinski definition) is 2. The Morgan fingerprint density at radius 3 is 2.81 bits per heavy atom. The Morgan fingerprint density at radius 1 is 1.31 bits per heavy atom. The van der Waals surface area contributed by atoms with Crippen molar-refractivity contribution in [3.63, 3.8) is 0 Å². The fourth-order valence-electron chi connectivity index (χ4n) is 2.99. The number of halogens is 3. The molecular formula is C18H22ClF2N3OS. The number of nitrogens with one attached hydrogen (secondary N) is 2. The molecule has 4 nitrogen and oxygen atoms in total. The van der Waals surface area contributed by atoms with E-state index in [1.165, 1.54) is 23.5 Å². The molecule has 1 aromatic carbocycles. The SMILES string of the molecule is Cl.O=C(CCC1CCNCC1)Nc1ncc(Cc2ccc(F)cc2F)s1. The number of carbonyl (C=O) groups is 1. The molecular weight excluding hydrogens is 380 g/mol. The highest BCUT2D eigenvalue weighted by Gasteiger charge is 2.15. The molecule has 0 unspecified atom stereocenters. The Morgan fingerprint density at radius 2 is 2.08 bits per heavy atom. The Balaban J connectivity index is 0.00000243. The van der Waals surface area contributed by atoms with Crippen LogP contribution < -0.4 is 10.6 Å². The Hall–Kier alpha value is -1.57. The molecule has 1 aliphatic rings. The van der Waals surface area contributed by atoms with Crippen LogP contribution in [-0.2, 0) is 11.2 Å². The van der Waals surface area contributed by atoms with Crippen molar-refractivity contribution in [2.75, 3.05) is 18.4 Å². The summed E-state index contributed by atoms with van der Waals surface area (Å²) in [5.74, 6) is -0.582. The van der Waals surface area contributed by atoms with Gasteiger partial charge in [0.2, 0.25) is 5.91 Å². The first-order valence-electron chi connectivity index (χ1n) is 8.49. The van der Waals surface area contributed by atoms with Crippen LogP contribution in [0.1, 0.15) is 36.1 Å². The average molecular weight is 402 g/mol. The van der Waals surface area contributed by atoms with Crippen LogP contribution in [0.3, 0.4) is 0 Å². The average Bonchev–Trinajstić information content (AvgIpc) is 3.03. The summed E-state index contributed by atoms with van der Waals surface area (Å²) >= 11 is 1.32. The lowest BCUT2D eigenvalue weighted by Crippen LogP contribution is -2.28. The minimum atomic E-state index is -0.591. The van der Waals surface area contributed by atoms with Crippen molar-refractivity contribution >= 4 is 34.8 Å². The number of carbonyl (C=O) groups excluding carboxylic acids is 1. The van der Waals surface area contributed by atoms with Gasteiger partial charge in [0.25, 0.3) is 0 Å². The molecule has 2 N–H and O–H groups in total. The second-order valence-corrected chi connectivity index (χ2v) is 7.44. The summed E-state index contributed by atoms with van der Waals surface area (Å²) in [6.45, 7) is 2.06. The van der Waals surface area contributed by atoms with Crippen LogP contribution >= 0.6 is 23.7 Å². The predicted molar refractivity (Wildman–Crippen MR) is 102 cm³/mol. The van der Waals surface area contributed by atoms with Crippen LogP contribution in [0.15, 0.2) is 24.4 Å². The third kappa shape index (κ3) is 6.00. The van der Waals surface area contributed by atoms with Crippen LogP contribution in [0.25, 0.3) is 0 Å². The number of amides is 1. The number of thiazole rings is 1. The molecule has 26 heavy (non-hydrogen) atoms. The molecule has 1 fully saturated rings. The van der Waals surface area contributed by atoms with E-state index < -0.39 is 11.6 Å². The number of anilines is 1. The third-order valence-corrected chi connectivity index (χ3v) is 5.33. The van der Waals surface area contributed by atoms with Gasteiger partial charge in [-0.2, -0.15) is 0 Å². The van der Waals surface area contributed by atoms with Crippen LogP contribution in [-0.4, -0.2) is 24.0 Å². The summed E-state index contributed by atoms with van der Waals surface area (Å²) in [5, 5.41) is 6.65. The van der Waals surface area contributed by atoms with E-state index in [1.54, 1.807) is 6.20 Å². The summed E-state index contributed by atoms with van der Waals surface area (Å²) < 4.78 is 26.6. The summed E-state index contributed by atoms with van der Waals surface area (Å²) in [6, 6.07) is 3.55. The fraction of sp³-hybridized carbons (Fsp3) is 0.444. The van der Waals surface area contributed by atoms with Crippen LogP contribution in [0.2, 0.25) is 0 Å². The van der Waals surface area contributed by atoms with E-state index in [4.69, 9.17) is 0 Å². The Bertz CT molecular complexity index is 735. The molecule has 8 heteroatoms. The first kappa shape index (κ1) is 20.7. The highest BCUT2D eigenvalue weighted by atomic mass is 35.5. The fourth-order valence-corrected chi connectivity index (χ4v) is 3.84. The second-order valence-electron chi connectivity index (χ2n) is 6.32. The van der Waals surface area contributed by atoms with Crippen molar-refractivity contribution in [3.05, 3.63) is 46.5 Å². The molecule has 0 bridgehead atoms. The van der Waals surface area contributed by atoms with Crippen molar-refractivity contribution < 1.29 is 13.6 Å². The summed E-state index contributed by atoms with van der Waals surface area (Å²) in [7, 11) is 0. The lowest BCUT2D eigenvalue weighted by atomic mass is 9.93. The minimum Gasteiger partial charge on any atom is -0.317 e. The quantitative estimate of drug-likeness (QED) is 0.764. The maximum atomic E-state index is 13.7. The summed E-state index contributed by atoms with van der Waals surface area (Å²) in [6.07, 6.45) is 5.58. The summed E-state index contributed by atoms with van der Waals surface area (Å²) in [5.41, 5.74) is 0.411. The molecule has 0 aliphatic carbocycles. The molecule has 3 rings (SSSR count). The molecule has 0 radical (unpaired) electrons. The van der Waals surface area contributed by atoms with E-state index in [-0.39, 0.29) is 18.3 Å². The molecule has 1 saturated heterocycles. The van der Waals surface area contributed by atoms with Gasteiger partial charge >= 0.3 is 0 Å². The molecule has 1 aliphatic heterocycles. The topological polar surface area (TPSA) is 54.0 Å². The van der Waals surface area contributed by atoms with Gasteiger partial charge in [-0.1, -0.05) is 6.07 Å². The van der Waals surface area contributed by atoms with Gasteiger partial charge in [-0.25, -0.2) is 13.8 Å². The highest BCUT2D eigenvalue weighted by Crippen LogP contribution is 2.23. The van der Waals surface area contributed by atoms with Crippen LogP contribution in [0.4, 0.5) is 13.9 Å². The number of benzene rings is 1. The van der Waals surface area contributed by atoms with Crippen LogP contribution in [0, 0.1) is 17.6 Å². The predicted octanol–water partition coefficient (Wildman–Crippen LogP) is 4.15. The standard InChI is InChI=1S/C18H21F2N3OS.ClH/c19-14-3-2-13(16(20)10-14)9-15-11-22-18(25-15)23-17(24)4-1-12-5-7-21-8-6-12;/h2-3,10-12,21H,1,4-9H2,(H,22,23,24);1H. The molecule has 2 aromatic rings. The first-order valence-corrected chi connectivity index (χ1v) is 9.31. The molecule has 1 aromatic heterocycles. The minimum absolute atomic E-state index is 0. The zero-order valence-corrected chi connectivity index (χ0v) is 15.9. The van der Waals surface area contributed by atoms with Crippen molar-refractivity contribution in [2.24, 2.45) is 5.92 Å². The Labute approximate surface area is 161 Å². The van der Waals surface area contributed by atoms with E-state index in [2.05, 4.69) is 15.6 Å². The van der Waals surface area contributed by atoms with Gasteiger partial charge < -0.3 is 10.6 Å². The summed E-state index contributed by atoms with van der Waals surface area (Å²) in [4.78, 5) is 17.0. The van der Waals surface area contributed by atoms with Gasteiger partial charge in [0.05, 0.1) is 0 Å². The van der Waals surface area contributed by atoms with E-state index in [0.717, 1.165) is 43.3 Å². The van der Waals surface area contributed by atoms with Crippen molar-refractivity contribution in [2.45, 2.75) is 32.1 Å². The molecule has 0 saturated carbocycles. The molecule has 2 heterocycles.